The van der Waals surface area contributed by atoms with Crippen molar-refractivity contribution >= 4 is 45.7 Å². The van der Waals surface area contributed by atoms with Crippen LogP contribution in [-0.2, 0) is 20.8 Å². The van der Waals surface area contributed by atoms with E-state index in [1.54, 1.807) is 29.5 Å². The number of nitrogens with one attached hydrogen (secondary N) is 1. The third kappa shape index (κ3) is 2.43. The second kappa shape index (κ2) is 6.52. The number of carbonyl (C=O) groups is 3. The maximum absolute atomic E-state index is 13.0. The number of nitrogens with two attached hydrogens (primary N) is 1. The minimum atomic E-state index is -0.540. The molecule has 2 aromatic carbocycles. The van der Waals surface area contributed by atoms with E-state index >= 15 is 0 Å². The predicted octanol–water partition coefficient (Wildman–Crippen LogP) is 2.03. The summed E-state index contributed by atoms with van der Waals surface area (Å²) in [7, 11) is 0. The molecule has 6 rings (SSSR count). The summed E-state index contributed by atoms with van der Waals surface area (Å²) in [5.74, 6) is -1.49. The van der Waals surface area contributed by atoms with Crippen molar-refractivity contribution < 1.29 is 18.8 Å². The van der Waals surface area contributed by atoms with Crippen molar-refractivity contribution in [2.75, 3.05) is 4.90 Å². The minimum absolute atomic E-state index is 0.168. The van der Waals surface area contributed by atoms with Crippen LogP contribution in [0.5, 0.6) is 0 Å². The number of amides is 3. The van der Waals surface area contributed by atoms with Gasteiger partial charge >= 0.3 is 0 Å². The molecule has 0 spiro atoms. The number of rotatable bonds is 3. The zero-order valence-corrected chi connectivity index (χ0v) is 16.7. The lowest BCUT2D eigenvalue weighted by molar-refractivity contribution is -0.123. The van der Waals surface area contributed by atoms with Gasteiger partial charge in [0, 0.05) is 35.3 Å². The molecule has 0 bridgehead atoms. The Labute approximate surface area is 181 Å². The number of nitrogens with zero attached hydrogens (tertiary/aromatic N) is 2. The summed E-state index contributed by atoms with van der Waals surface area (Å²) in [6.07, 6.45) is 5.20. The molecule has 3 amide bonds. The van der Waals surface area contributed by atoms with Gasteiger partial charge in [0.2, 0.25) is 5.91 Å². The van der Waals surface area contributed by atoms with Crippen molar-refractivity contribution in [1.29, 1.82) is 0 Å². The molecular formula is C24H16N4O4. The maximum Gasteiger partial charge on any atom is 0.261 e. The van der Waals surface area contributed by atoms with Crippen LogP contribution < -0.4 is 16.0 Å². The summed E-state index contributed by atoms with van der Waals surface area (Å²) in [4.78, 5) is 44.3. The predicted molar refractivity (Wildman–Crippen MR) is 118 cm³/mol. The lowest BCUT2D eigenvalue weighted by Gasteiger charge is -2.22. The Morgan fingerprint density at radius 3 is 2.69 bits per heavy atom. The highest BCUT2D eigenvalue weighted by Gasteiger charge is 2.40. The Morgan fingerprint density at radius 2 is 1.84 bits per heavy atom. The van der Waals surface area contributed by atoms with Gasteiger partial charge in [0.15, 0.2) is 0 Å². The van der Waals surface area contributed by atoms with E-state index in [1.807, 2.05) is 30.3 Å². The van der Waals surface area contributed by atoms with Crippen LogP contribution in [0.15, 0.2) is 76.1 Å². The number of hydrogen-bond acceptors (Lipinski definition) is 6. The second-order valence-electron chi connectivity index (χ2n) is 7.80. The van der Waals surface area contributed by atoms with Crippen LogP contribution in [0, 0.1) is 0 Å². The molecule has 3 aliphatic heterocycles. The number of benzene rings is 2. The molecule has 1 unspecified atom stereocenters. The van der Waals surface area contributed by atoms with Crippen LogP contribution in [0.1, 0.15) is 16.7 Å². The zero-order chi connectivity index (χ0) is 22.0. The number of aliphatic imine (C=N–C) groups is 1. The van der Waals surface area contributed by atoms with Crippen LogP contribution in [0.2, 0.25) is 0 Å². The van der Waals surface area contributed by atoms with Gasteiger partial charge in [-0.2, -0.15) is 0 Å². The van der Waals surface area contributed by atoms with Crippen molar-refractivity contribution in [3.05, 3.63) is 83.4 Å². The van der Waals surface area contributed by atoms with Crippen LogP contribution in [0.3, 0.4) is 0 Å². The number of carbonyl (C=O) groups excluding carboxylic acids is 3. The van der Waals surface area contributed by atoms with E-state index in [-0.39, 0.29) is 11.1 Å². The highest BCUT2D eigenvalue weighted by Crippen LogP contribution is 2.40. The molecule has 1 atom stereocenters. The number of para-hydroxylation sites is 2. The van der Waals surface area contributed by atoms with E-state index in [4.69, 9.17) is 10.2 Å². The Morgan fingerprint density at radius 1 is 1.06 bits per heavy atom. The highest BCUT2D eigenvalue weighted by molar-refractivity contribution is 6.48. The summed E-state index contributed by atoms with van der Waals surface area (Å²) >= 11 is 0. The fourth-order valence-electron chi connectivity index (χ4n) is 4.71. The largest absolute Gasteiger partial charge is 0.464 e. The Hall–Kier alpha value is -4.46. The first-order chi connectivity index (χ1) is 15.5. The molecule has 156 valence electrons. The van der Waals surface area contributed by atoms with Crippen LogP contribution in [0.25, 0.3) is 16.5 Å². The monoisotopic (exact) mass is 424 g/mol. The lowest BCUT2D eigenvalue weighted by atomic mass is 9.92. The first-order valence-corrected chi connectivity index (χ1v) is 10.1. The fourth-order valence-corrected chi connectivity index (χ4v) is 4.71. The number of furan rings is 1. The van der Waals surface area contributed by atoms with Gasteiger partial charge in [-0.1, -0.05) is 36.4 Å². The van der Waals surface area contributed by atoms with E-state index in [0.29, 0.717) is 28.8 Å². The van der Waals surface area contributed by atoms with Gasteiger partial charge in [0.1, 0.15) is 11.6 Å². The summed E-state index contributed by atoms with van der Waals surface area (Å²) in [6, 6.07) is 12.3. The molecule has 0 aliphatic carbocycles. The van der Waals surface area contributed by atoms with E-state index < -0.39 is 23.8 Å². The Kier molecular flexibility index (Phi) is 3.73. The molecule has 8 heteroatoms. The molecule has 3 aliphatic rings. The number of hydrogen-bond donors (Lipinski definition) is 2. The van der Waals surface area contributed by atoms with Crippen molar-refractivity contribution in [3.8, 4) is 0 Å². The third-order valence-electron chi connectivity index (χ3n) is 6.06. The third-order valence-corrected chi connectivity index (χ3v) is 6.06. The average Bonchev–Trinajstić information content (AvgIpc) is 3.43. The summed E-state index contributed by atoms with van der Waals surface area (Å²) in [5.41, 5.74) is 9.72. The van der Waals surface area contributed by atoms with Gasteiger partial charge in [-0.25, -0.2) is 0 Å². The molecule has 8 nitrogen and oxygen atoms in total. The minimum Gasteiger partial charge on any atom is -0.464 e. The number of primary amides is 1. The van der Waals surface area contributed by atoms with Gasteiger partial charge < -0.3 is 15.1 Å². The molecule has 1 aromatic heterocycles. The van der Waals surface area contributed by atoms with Crippen molar-refractivity contribution in [3.63, 3.8) is 0 Å². The topological polar surface area (TPSA) is 118 Å². The molecule has 0 radical (unpaired) electrons. The molecule has 4 heterocycles. The summed E-state index contributed by atoms with van der Waals surface area (Å²) in [6.45, 7) is 0. The molecular weight excluding hydrogens is 408 g/mol. The standard InChI is InChI=1S/C24H16N4O4/c25-22(29)16-11-13-4-2-6-15-19(26-8-9-28(16)20(13)15)18-17(23(30)27-24(18)31)14-5-1-3-12-7-10-32-21(12)14/h1-10,16H,11H2,(H2,25,29)(H,27,30,31). The number of anilines is 1. The molecule has 3 aromatic rings. The van der Waals surface area contributed by atoms with Crippen molar-refractivity contribution in [2.24, 2.45) is 10.7 Å². The van der Waals surface area contributed by atoms with E-state index in [9.17, 15) is 14.4 Å². The molecule has 0 saturated carbocycles. The van der Waals surface area contributed by atoms with Gasteiger partial charge in [-0.05, 0) is 11.6 Å². The maximum atomic E-state index is 13.0. The summed E-state index contributed by atoms with van der Waals surface area (Å²) < 4.78 is 5.62. The highest BCUT2D eigenvalue weighted by atomic mass is 16.3. The number of fused-ring (bicyclic) bond motifs is 1. The van der Waals surface area contributed by atoms with E-state index in [2.05, 4.69) is 10.3 Å². The Balaban J connectivity index is 1.61. The van der Waals surface area contributed by atoms with Crippen LogP contribution in [0.4, 0.5) is 5.69 Å². The lowest BCUT2D eigenvalue weighted by Crippen LogP contribution is -2.39. The number of imide groups is 1. The van der Waals surface area contributed by atoms with Crippen LogP contribution >= 0.6 is 0 Å². The normalized spacial score (nSPS) is 19.3. The second-order valence-corrected chi connectivity index (χ2v) is 7.80. The quantitative estimate of drug-likeness (QED) is 0.624. The fraction of sp³-hybridized carbons (Fsp3) is 0.0833. The van der Waals surface area contributed by atoms with Gasteiger partial charge in [0.25, 0.3) is 11.8 Å². The SMILES string of the molecule is NC(=O)C1Cc2cccc3c2N1C=CN=C3C1=C(c2cccc3ccoc23)C(=O)NC1=O. The molecule has 32 heavy (non-hydrogen) atoms. The van der Waals surface area contributed by atoms with E-state index in [0.717, 1.165) is 16.6 Å². The van der Waals surface area contributed by atoms with Crippen molar-refractivity contribution in [1.82, 2.24) is 5.32 Å². The smallest absolute Gasteiger partial charge is 0.261 e. The first kappa shape index (κ1) is 18.3. The Bertz CT molecular complexity index is 1460. The first-order valence-electron chi connectivity index (χ1n) is 10.1. The van der Waals surface area contributed by atoms with Gasteiger partial charge in [0.05, 0.1) is 28.8 Å². The molecule has 3 N–H and O–H groups in total. The van der Waals surface area contributed by atoms with Crippen molar-refractivity contribution in [2.45, 2.75) is 12.5 Å². The average molecular weight is 424 g/mol. The van der Waals surface area contributed by atoms with Crippen LogP contribution in [-0.4, -0.2) is 29.5 Å². The zero-order valence-electron chi connectivity index (χ0n) is 16.7. The van der Waals surface area contributed by atoms with E-state index in [1.165, 1.54) is 6.20 Å². The summed E-state index contributed by atoms with van der Waals surface area (Å²) in [5, 5.41) is 3.22. The van der Waals surface area contributed by atoms with Gasteiger partial charge in [-0.15, -0.1) is 0 Å². The molecule has 0 fully saturated rings. The molecule has 0 saturated heterocycles. The van der Waals surface area contributed by atoms with Gasteiger partial charge in [-0.3, -0.25) is 24.7 Å².